The molecule has 0 aliphatic heterocycles. The molecule has 3 N–H and O–H groups in total. The van der Waals surface area contributed by atoms with Crippen LogP contribution in [-0.2, 0) is 9.53 Å². The summed E-state index contributed by atoms with van der Waals surface area (Å²) < 4.78 is 5.99. The minimum Gasteiger partial charge on any atom is -0.365 e. The van der Waals surface area contributed by atoms with Crippen LogP contribution in [0.5, 0.6) is 0 Å². The third kappa shape index (κ3) is 7.46. The summed E-state index contributed by atoms with van der Waals surface area (Å²) in [6.07, 6.45) is 5.26. The Labute approximate surface area is 129 Å². The summed E-state index contributed by atoms with van der Waals surface area (Å²) in [7, 11) is 0. The Morgan fingerprint density at radius 3 is 2.60 bits per heavy atom. The Kier molecular flexibility index (Phi) is 8.71. The predicted molar refractivity (Wildman–Crippen MR) is 85.1 cm³/mol. The van der Waals surface area contributed by atoms with Gasteiger partial charge in [-0.1, -0.05) is 26.7 Å². The molecule has 0 radical (unpaired) electrons. The molecule has 0 bridgehead atoms. The lowest BCUT2D eigenvalue weighted by molar-refractivity contribution is -0.139. The van der Waals surface area contributed by atoms with Crippen molar-refractivity contribution in [3.8, 4) is 0 Å². The Morgan fingerprint density at radius 2 is 2.10 bits per heavy atom. The predicted octanol–water partition coefficient (Wildman–Crippen LogP) is 2.64. The van der Waals surface area contributed by atoms with E-state index in [-0.39, 0.29) is 36.1 Å². The molecular formula is C15H31ClN2O2. The fraction of sp³-hybridized carbons (Fsp3) is 0.933. The summed E-state index contributed by atoms with van der Waals surface area (Å²) in [4.78, 5) is 12.1. The highest BCUT2D eigenvalue weighted by atomic mass is 35.5. The highest BCUT2D eigenvalue weighted by molar-refractivity contribution is 5.85. The first-order valence-electron chi connectivity index (χ1n) is 7.54. The Bertz CT molecular complexity index is 292. The average molecular weight is 307 g/mol. The van der Waals surface area contributed by atoms with Crippen LogP contribution in [0.1, 0.15) is 59.8 Å². The largest absolute Gasteiger partial charge is 0.365 e. The van der Waals surface area contributed by atoms with E-state index in [0.717, 1.165) is 12.8 Å². The molecule has 0 spiro atoms. The van der Waals surface area contributed by atoms with E-state index in [0.29, 0.717) is 18.9 Å². The van der Waals surface area contributed by atoms with Crippen molar-refractivity contribution in [2.75, 3.05) is 6.54 Å². The normalized spacial score (nSPS) is 24.6. The number of nitrogens with one attached hydrogen (secondary N) is 1. The number of carbonyl (C=O) groups is 1. The number of nitrogens with two attached hydrogens (primary N) is 1. The molecule has 4 nitrogen and oxygen atoms in total. The van der Waals surface area contributed by atoms with Crippen LogP contribution in [-0.4, -0.2) is 30.2 Å². The maximum atomic E-state index is 12.1. The maximum absolute atomic E-state index is 12.1. The molecule has 1 aliphatic carbocycles. The third-order valence-corrected chi connectivity index (χ3v) is 3.63. The number of ether oxygens (including phenoxy) is 1. The van der Waals surface area contributed by atoms with Crippen LogP contribution in [0.25, 0.3) is 0 Å². The summed E-state index contributed by atoms with van der Waals surface area (Å²) in [5.74, 6) is 0.682. The highest BCUT2D eigenvalue weighted by Crippen LogP contribution is 2.26. The van der Waals surface area contributed by atoms with Gasteiger partial charge in [0.2, 0.25) is 5.91 Å². The lowest BCUT2D eigenvalue weighted by atomic mass is 9.88. The molecule has 1 fully saturated rings. The second-order valence-electron chi connectivity index (χ2n) is 6.63. The highest BCUT2D eigenvalue weighted by Gasteiger charge is 2.26. The molecule has 0 aromatic carbocycles. The number of carbonyl (C=O) groups excluding carboxylic acids is 1. The molecule has 1 saturated carbocycles. The molecule has 0 aromatic heterocycles. The quantitative estimate of drug-likeness (QED) is 0.793. The zero-order valence-electron chi connectivity index (χ0n) is 13.3. The van der Waals surface area contributed by atoms with E-state index < -0.39 is 0 Å². The van der Waals surface area contributed by atoms with Gasteiger partial charge in [-0.2, -0.15) is 0 Å². The van der Waals surface area contributed by atoms with E-state index in [1.54, 1.807) is 0 Å². The van der Waals surface area contributed by atoms with Gasteiger partial charge in [0.25, 0.3) is 0 Å². The third-order valence-electron chi connectivity index (χ3n) is 3.63. The molecule has 1 aliphatic rings. The van der Waals surface area contributed by atoms with Gasteiger partial charge >= 0.3 is 0 Å². The van der Waals surface area contributed by atoms with Crippen LogP contribution in [0, 0.1) is 5.92 Å². The SMILES string of the molecule is CCC(OC1CCCC(C)C1)C(=O)NCC(C)(C)N.Cl. The van der Waals surface area contributed by atoms with Crippen LogP contribution < -0.4 is 11.1 Å². The van der Waals surface area contributed by atoms with Crippen LogP contribution in [0.2, 0.25) is 0 Å². The van der Waals surface area contributed by atoms with Crippen molar-refractivity contribution in [1.29, 1.82) is 0 Å². The molecule has 0 heterocycles. The fourth-order valence-corrected chi connectivity index (χ4v) is 2.51. The van der Waals surface area contributed by atoms with Gasteiger partial charge < -0.3 is 15.8 Å². The Balaban J connectivity index is 0.00000361. The first kappa shape index (κ1) is 19.7. The van der Waals surface area contributed by atoms with Crippen molar-refractivity contribution in [3.63, 3.8) is 0 Å². The van der Waals surface area contributed by atoms with Crippen molar-refractivity contribution < 1.29 is 9.53 Å². The summed E-state index contributed by atoms with van der Waals surface area (Å²) in [6.45, 7) is 8.53. The molecule has 120 valence electrons. The minimum atomic E-state index is -0.382. The van der Waals surface area contributed by atoms with Crippen LogP contribution >= 0.6 is 12.4 Å². The molecule has 3 atom stereocenters. The Hall–Kier alpha value is -0.320. The number of amides is 1. The van der Waals surface area contributed by atoms with Gasteiger partial charge in [0.05, 0.1) is 6.10 Å². The minimum absolute atomic E-state index is 0. The van der Waals surface area contributed by atoms with E-state index in [2.05, 4.69) is 12.2 Å². The topological polar surface area (TPSA) is 64.3 Å². The molecule has 1 rings (SSSR count). The van der Waals surface area contributed by atoms with E-state index >= 15 is 0 Å². The van der Waals surface area contributed by atoms with Crippen molar-refractivity contribution in [1.82, 2.24) is 5.32 Å². The van der Waals surface area contributed by atoms with E-state index in [4.69, 9.17) is 10.5 Å². The zero-order chi connectivity index (χ0) is 14.5. The van der Waals surface area contributed by atoms with Gasteiger partial charge in [-0.3, -0.25) is 4.79 Å². The zero-order valence-corrected chi connectivity index (χ0v) is 14.1. The van der Waals surface area contributed by atoms with Gasteiger partial charge in [-0.25, -0.2) is 0 Å². The van der Waals surface area contributed by atoms with E-state index in [1.807, 2.05) is 20.8 Å². The van der Waals surface area contributed by atoms with Crippen LogP contribution in [0.15, 0.2) is 0 Å². The van der Waals surface area contributed by atoms with Gasteiger partial charge in [-0.05, 0) is 39.0 Å². The number of rotatable bonds is 6. The standard InChI is InChI=1S/C15H30N2O2.ClH/c1-5-13(14(18)17-10-15(3,4)16)19-12-8-6-7-11(2)9-12;/h11-13H,5-10,16H2,1-4H3,(H,17,18);1H. The summed E-state index contributed by atoms with van der Waals surface area (Å²) in [6, 6.07) is 0. The maximum Gasteiger partial charge on any atom is 0.249 e. The smallest absolute Gasteiger partial charge is 0.249 e. The van der Waals surface area contributed by atoms with Gasteiger partial charge in [0.1, 0.15) is 6.10 Å². The summed E-state index contributed by atoms with van der Waals surface area (Å²) in [5.41, 5.74) is 5.49. The molecule has 0 aromatic rings. The number of hydrogen-bond acceptors (Lipinski definition) is 3. The van der Waals surface area contributed by atoms with Crippen LogP contribution in [0.4, 0.5) is 0 Å². The van der Waals surface area contributed by atoms with Crippen molar-refractivity contribution in [3.05, 3.63) is 0 Å². The summed E-state index contributed by atoms with van der Waals surface area (Å²) in [5, 5.41) is 2.89. The second kappa shape index (κ2) is 8.85. The van der Waals surface area contributed by atoms with Gasteiger partial charge in [-0.15, -0.1) is 12.4 Å². The number of halogens is 1. The lowest BCUT2D eigenvalue weighted by Crippen LogP contribution is -2.48. The van der Waals surface area contributed by atoms with E-state index in [1.165, 1.54) is 12.8 Å². The van der Waals surface area contributed by atoms with Gasteiger partial charge in [0, 0.05) is 12.1 Å². The van der Waals surface area contributed by atoms with Gasteiger partial charge in [0.15, 0.2) is 0 Å². The first-order valence-corrected chi connectivity index (χ1v) is 7.54. The molecule has 1 amide bonds. The first-order chi connectivity index (χ1) is 8.81. The molecule has 3 unspecified atom stereocenters. The Morgan fingerprint density at radius 1 is 1.45 bits per heavy atom. The lowest BCUT2D eigenvalue weighted by Gasteiger charge is -2.30. The van der Waals surface area contributed by atoms with E-state index in [9.17, 15) is 4.79 Å². The average Bonchev–Trinajstić information content (AvgIpc) is 2.32. The second-order valence-corrected chi connectivity index (χ2v) is 6.63. The van der Waals surface area contributed by atoms with Crippen molar-refractivity contribution in [2.45, 2.75) is 77.5 Å². The van der Waals surface area contributed by atoms with Crippen LogP contribution in [0.3, 0.4) is 0 Å². The van der Waals surface area contributed by atoms with Crippen molar-refractivity contribution >= 4 is 18.3 Å². The molecule has 0 saturated heterocycles. The fourth-order valence-electron chi connectivity index (χ4n) is 2.51. The summed E-state index contributed by atoms with van der Waals surface area (Å²) >= 11 is 0. The molecular weight excluding hydrogens is 276 g/mol. The van der Waals surface area contributed by atoms with Crippen molar-refractivity contribution in [2.24, 2.45) is 11.7 Å². The number of hydrogen-bond donors (Lipinski definition) is 2. The monoisotopic (exact) mass is 306 g/mol. The molecule has 20 heavy (non-hydrogen) atoms. The molecule has 5 heteroatoms.